The van der Waals surface area contributed by atoms with E-state index in [1.807, 2.05) is 13.8 Å². The minimum atomic E-state index is -1.15. The van der Waals surface area contributed by atoms with Gasteiger partial charge in [-0.1, -0.05) is 19.0 Å². The number of hydrogen-bond donors (Lipinski definition) is 2. The van der Waals surface area contributed by atoms with Gasteiger partial charge >= 0.3 is 12.1 Å². The summed E-state index contributed by atoms with van der Waals surface area (Å²) in [5.41, 5.74) is 8.34. The first-order chi connectivity index (χ1) is 14.5. The molecule has 1 aliphatic carbocycles. The summed E-state index contributed by atoms with van der Waals surface area (Å²) >= 11 is 0. The summed E-state index contributed by atoms with van der Waals surface area (Å²) in [6.45, 7) is 10.3. The summed E-state index contributed by atoms with van der Waals surface area (Å²) < 4.78 is 16.3. The first-order valence-electron chi connectivity index (χ1n) is 10.2. The normalized spacial score (nSPS) is 23.3. The van der Waals surface area contributed by atoms with Gasteiger partial charge in [0.1, 0.15) is 5.60 Å². The Bertz CT molecular complexity index is 737. The summed E-state index contributed by atoms with van der Waals surface area (Å²) in [6, 6.07) is -2.99. The van der Waals surface area contributed by atoms with Crippen molar-refractivity contribution in [3.8, 4) is 0 Å². The molecule has 4 atom stereocenters. The number of methoxy groups -OCH3 is 1. The third-order valence-corrected chi connectivity index (χ3v) is 4.65. The molecule has 31 heavy (non-hydrogen) atoms. The molecule has 174 valence electrons. The summed E-state index contributed by atoms with van der Waals surface area (Å²) in [5.74, 6) is -1.11. The molecule has 0 aromatic heterocycles. The lowest BCUT2D eigenvalue weighted by Crippen LogP contribution is -2.64. The van der Waals surface area contributed by atoms with Crippen LogP contribution in [-0.4, -0.2) is 61.0 Å². The largest absolute Gasteiger partial charge is 0.466 e. The van der Waals surface area contributed by atoms with Gasteiger partial charge in [0.2, 0.25) is 5.91 Å². The minimum Gasteiger partial charge on any atom is -0.466 e. The van der Waals surface area contributed by atoms with Crippen LogP contribution in [0.1, 0.15) is 54.4 Å². The molecular formula is C20H33N5O6. The van der Waals surface area contributed by atoms with Crippen molar-refractivity contribution >= 4 is 18.0 Å². The zero-order chi connectivity index (χ0) is 23.8. The quantitative estimate of drug-likeness (QED) is 0.257. The molecule has 0 saturated carbocycles. The molecule has 11 heteroatoms. The van der Waals surface area contributed by atoms with Crippen molar-refractivity contribution in [2.75, 3.05) is 7.11 Å². The van der Waals surface area contributed by atoms with Crippen LogP contribution >= 0.6 is 0 Å². The second-order valence-corrected chi connectivity index (χ2v) is 8.20. The number of nitrogens with one attached hydrogen (secondary N) is 2. The molecule has 1 rings (SSSR count). The maximum absolute atomic E-state index is 12.5. The van der Waals surface area contributed by atoms with Crippen LogP contribution in [0.2, 0.25) is 0 Å². The number of hydrogen-bond acceptors (Lipinski definition) is 7. The van der Waals surface area contributed by atoms with Crippen LogP contribution in [0.4, 0.5) is 4.79 Å². The van der Waals surface area contributed by atoms with Gasteiger partial charge in [0.05, 0.1) is 37.4 Å². The van der Waals surface area contributed by atoms with Crippen molar-refractivity contribution in [3.05, 3.63) is 22.1 Å². The molecule has 0 aliphatic heterocycles. The number of alkyl carbamates (subject to hydrolysis) is 1. The fourth-order valence-electron chi connectivity index (χ4n) is 3.32. The number of azide groups is 1. The monoisotopic (exact) mass is 439 g/mol. The second-order valence-electron chi connectivity index (χ2n) is 8.20. The predicted octanol–water partition coefficient (Wildman–Crippen LogP) is 2.75. The Hall–Kier alpha value is -2.78. The number of carbonyl (C=O) groups is 3. The Balaban J connectivity index is 3.52. The van der Waals surface area contributed by atoms with Crippen molar-refractivity contribution < 1.29 is 28.6 Å². The summed E-state index contributed by atoms with van der Waals surface area (Å²) in [4.78, 5) is 39.8. The highest BCUT2D eigenvalue weighted by molar-refractivity contribution is 5.91. The lowest BCUT2D eigenvalue weighted by Gasteiger charge is -2.41. The van der Waals surface area contributed by atoms with Crippen LogP contribution in [0.15, 0.2) is 16.8 Å². The molecule has 0 unspecified atom stereocenters. The van der Waals surface area contributed by atoms with Crippen LogP contribution in [0.3, 0.4) is 0 Å². The first-order valence-corrected chi connectivity index (χ1v) is 10.2. The smallest absolute Gasteiger partial charge is 0.407 e. The van der Waals surface area contributed by atoms with E-state index in [2.05, 4.69) is 20.7 Å². The van der Waals surface area contributed by atoms with Crippen LogP contribution < -0.4 is 10.6 Å². The van der Waals surface area contributed by atoms with Gasteiger partial charge in [0.15, 0.2) is 0 Å². The Morgan fingerprint density at radius 2 is 1.81 bits per heavy atom. The fourth-order valence-corrected chi connectivity index (χ4v) is 3.32. The molecule has 0 heterocycles. The predicted molar refractivity (Wildman–Crippen MR) is 113 cm³/mol. The molecule has 1 aliphatic rings. The molecule has 0 spiro atoms. The standard InChI is InChI=1S/C20H33N5O6/c1-8-12(9-2)30-14-10-13(18(27)29-7)15(24-25-21)17(16(14)22-11(3)26)23-19(28)31-20(4,5)6/h10,12,14-17H,8-9H2,1-7H3,(H,22,26)(H,23,28)/t14-,15+,16+,17+/m1/s1. The van der Waals surface area contributed by atoms with Gasteiger partial charge in [-0.2, -0.15) is 0 Å². The van der Waals surface area contributed by atoms with E-state index in [0.717, 1.165) is 0 Å². The number of rotatable bonds is 8. The first kappa shape index (κ1) is 26.3. The number of amides is 2. The molecule has 0 saturated heterocycles. The van der Waals surface area contributed by atoms with Crippen molar-refractivity contribution in [3.63, 3.8) is 0 Å². The van der Waals surface area contributed by atoms with E-state index in [1.54, 1.807) is 20.8 Å². The molecule has 0 radical (unpaired) electrons. The topological polar surface area (TPSA) is 152 Å². The average molecular weight is 440 g/mol. The van der Waals surface area contributed by atoms with Crippen molar-refractivity contribution in [1.82, 2.24) is 10.6 Å². The molecule has 2 N–H and O–H groups in total. The second kappa shape index (κ2) is 11.6. The average Bonchev–Trinajstić information content (AvgIpc) is 2.67. The lowest BCUT2D eigenvalue weighted by atomic mass is 9.83. The van der Waals surface area contributed by atoms with Crippen LogP contribution in [0.5, 0.6) is 0 Å². The van der Waals surface area contributed by atoms with Crippen molar-refractivity contribution in [1.29, 1.82) is 0 Å². The Kier molecular flexibility index (Phi) is 9.80. The minimum absolute atomic E-state index is 0.0268. The van der Waals surface area contributed by atoms with Crippen LogP contribution in [-0.2, 0) is 23.8 Å². The highest BCUT2D eigenvalue weighted by Crippen LogP contribution is 2.28. The van der Waals surface area contributed by atoms with E-state index in [9.17, 15) is 14.4 Å². The third-order valence-electron chi connectivity index (χ3n) is 4.65. The summed E-state index contributed by atoms with van der Waals surface area (Å²) in [5, 5.41) is 9.11. The lowest BCUT2D eigenvalue weighted by molar-refractivity contribution is -0.137. The number of esters is 1. The Labute approximate surface area is 182 Å². The maximum atomic E-state index is 12.5. The van der Waals surface area contributed by atoms with Gasteiger partial charge in [0, 0.05) is 17.4 Å². The molecule has 0 aromatic rings. The van der Waals surface area contributed by atoms with Crippen molar-refractivity contribution in [2.24, 2.45) is 5.11 Å². The van der Waals surface area contributed by atoms with E-state index in [4.69, 9.17) is 19.7 Å². The molecule has 2 amide bonds. The van der Waals surface area contributed by atoms with Gasteiger partial charge in [0.25, 0.3) is 0 Å². The van der Waals surface area contributed by atoms with Crippen LogP contribution in [0, 0.1) is 0 Å². The number of carbonyl (C=O) groups excluding carboxylic acids is 3. The van der Waals surface area contributed by atoms with E-state index in [0.29, 0.717) is 12.8 Å². The maximum Gasteiger partial charge on any atom is 0.407 e. The van der Waals surface area contributed by atoms with Gasteiger partial charge in [-0.15, -0.1) is 0 Å². The molecule has 0 fully saturated rings. The molecule has 11 nitrogen and oxygen atoms in total. The fraction of sp³-hybridized carbons (Fsp3) is 0.750. The zero-order valence-corrected chi connectivity index (χ0v) is 19.2. The zero-order valence-electron chi connectivity index (χ0n) is 19.2. The number of ether oxygens (including phenoxy) is 3. The molecule has 0 bridgehead atoms. The van der Waals surface area contributed by atoms with E-state index in [1.165, 1.54) is 20.1 Å². The Morgan fingerprint density at radius 3 is 2.26 bits per heavy atom. The Morgan fingerprint density at radius 1 is 1.19 bits per heavy atom. The highest BCUT2D eigenvalue weighted by Gasteiger charge is 2.45. The van der Waals surface area contributed by atoms with Gasteiger partial charge in [-0.25, -0.2) is 9.59 Å². The summed E-state index contributed by atoms with van der Waals surface area (Å²) in [6.07, 6.45) is 1.15. The van der Waals surface area contributed by atoms with E-state index < -0.39 is 41.9 Å². The van der Waals surface area contributed by atoms with Crippen LogP contribution in [0.25, 0.3) is 10.4 Å². The highest BCUT2D eigenvalue weighted by atomic mass is 16.6. The van der Waals surface area contributed by atoms with Crippen molar-refractivity contribution in [2.45, 2.75) is 90.3 Å². The summed E-state index contributed by atoms with van der Waals surface area (Å²) in [7, 11) is 1.20. The van der Waals surface area contributed by atoms with Gasteiger partial charge in [-0.05, 0) is 45.2 Å². The van der Waals surface area contributed by atoms with Gasteiger partial charge in [-0.3, -0.25) is 4.79 Å². The van der Waals surface area contributed by atoms with E-state index in [-0.39, 0.29) is 17.6 Å². The third kappa shape index (κ3) is 7.76. The SMILES string of the molecule is CCC(CC)O[C@@H]1C=C(C(=O)OC)[C@H](N=[N+]=[N-])[C@H](NC(=O)OC(C)(C)C)[C@H]1NC(C)=O. The number of nitrogens with zero attached hydrogens (tertiary/aromatic N) is 3. The molecule has 0 aromatic carbocycles. The van der Waals surface area contributed by atoms with E-state index >= 15 is 0 Å². The van der Waals surface area contributed by atoms with Gasteiger partial charge < -0.3 is 24.8 Å². The molecular weight excluding hydrogens is 406 g/mol.